The summed E-state index contributed by atoms with van der Waals surface area (Å²) in [5, 5.41) is 4.03. The fraction of sp³-hybridized carbons (Fsp3) is 0.300. The lowest BCUT2D eigenvalue weighted by Gasteiger charge is -2.32. The first-order chi connectivity index (χ1) is 7.61. The molecular formula is C10H10N2O3S. The standard InChI is InChI=1S/C10H10N2O3S/c1-6-10(15)11-9(14)3-12(6)7-2-8(4-13)16-5-7/h2,4-6H,3H2,1H3,(H,11,14,15). The van der Waals surface area contributed by atoms with Gasteiger partial charge in [0.1, 0.15) is 6.04 Å². The SMILES string of the molecule is CC1C(=O)NC(=O)CN1c1csc(C=O)c1. The van der Waals surface area contributed by atoms with Crippen LogP contribution in [-0.4, -0.2) is 30.7 Å². The second-order valence-electron chi connectivity index (χ2n) is 3.54. The quantitative estimate of drug-likeness (QED) is 0.598. The van der Waals surface area contributed by atoms with E-state index >= 15 is 0 Å². The fourth-order valence-corrected chi connectivity index (χ4v) is 2.29. The summed E-state index contributed by atoms with van der Waals surface area (Å²) in [6.07, 6.45) is 0.755. The van der Waals surface area contributed by atoms with E-state index in [-0.39, 0.29) is 18.4 Å². The summed E-state index contributed by atoms with van der Waals surface area (Å²) in [4.78, 5) is 35.5. The maximum atomic E-state index is 11.4. The zero-order valence-corrected chi connectivity index (χ0v) is 9.41. The summed E-state index contributed by atoms with van der Waals surface area (Å²) in [5.41, 5.74) is 0.739. The molecule has 1 aliphatic rings. The first-order valence-corrected chi connectivity index (χ1v) is 5.64. The Kier molecular flexibility index (Phi) is 2.74. The van der Waals surface area contributed by atoms with Crippen molar-refractivity contribution in [3.05, 3.63) is 16.3 Å². The third-order valence-electron chi connectivity index (χ3n) is 2.48. The van der Waals surface area contributed by atoms with Crippen LogP contribution in [0.15, 0.2) is 11.4 Å². The molecule has 1 saturated heterocycles. The Bertz CT molecular complexity index is 455. The fourth-order valence-electron chi connectivity index (χ4n) is 1.58. The molecule has 2 amide bonds. The maximum absolute atomic E-state index is 11.4. The van der Waals surface area contributed by atoms with Gasteiger partial charge in [0, 0.05) is 11.1 Å². The molecule has 1 fully saturated rings. The van der Waals surface area contributed by atoms with Crippen molar-refractivity contribution >= 4 is 35.1 Å². The Labute approximate surface area is 96.0 Å². The molecule has 84 valence electrons. The number of nitrogens with one attached hydrogen (secondary N) is 1. The Balaban J connectivity index is 2.27. The number of hydrogen-bond acceptors (Lipinski definition) is 5. The van der Waals surface area contributed by atoms with E-state index < -0.39 is 6.04 Å². The van der Waals surface area contributed by atoms with Crippen molar-refractivity contribution in [1.29, 1.82) is 0 Å². The van der Waals surface area contributed by atoms with E-state index in [0.29, 0.717) is 4.88 Å². The van der Waals surface area contributed by atoms with Crippen LogP contribution >= 0.6 is 11.3 Å². The van der Waals surface area contributed by atoms with Crippen LogP contribution < -0.4 is 10.2 Å². The van der Waals surface area contributed by atoms with Gasteiger partial charge in [0.25, 0.3) is 0 Å². The van der Waals surface area contributed by atoms with Gasteiger partial charge in [-0.25, -0.2) is 0 Å². The van der Waals surface area contributed by atoms with Crippen molar-refractivity contribution in [2.75, 3.05) is 11.4 Å². The molecule has 16 heavy (non-hydrogen) atoms. The minimum absolute atomic E-state index is 0.141. The normalized spacial score (nSPS) is 20.8. The number of anilines is 1. The minimum atomic E-state index is -0.396. The van der Waals surface area contributed by atoms with E-state index in [1.54, 1.807) is 23.3 Å². The van der Waals surface area contributed by atoms with Gasteiger partial charge in [-0.3, -0.25) is 19.7 Å². The molecular weight excluding hydrogens is 228 g/mol. The lowest BCUT2D eigenvalue weighted by atomic mass is 10.2. The number of amides is 2. The van der Waals surface area contributed by atoms with Gasteiger partial charge >= 0.3 is 0 Å². The van der Waals surface area contributed by atoms with Crippen molar-refractivity contribution in [3.8, 4) is 0 Å². The van der Waals surface area contributed by atoms with E-state index in [0.717, 1.165) is 12.0 Å². The first-order valence-electron chi connectivity index (χ1n) is 4.76. The molecule has 0 radical (unpaired) electrons. The average molecular weight is 238 g/mol. The summed E-state index contributed by atoms with van der Waals surface area (Å²) >= 11 is 1.29. The largest absolute Gasteiger partial charge is 0.350 e. The highest BCUT2D eigenvalue weighted by Gasteiger charge is 2.30. The highest BCUT2D eigenvalue weighted by atomic mass is 32.1. The third-order valence-corrected chi connectivity index (χ3v) is 3.32. The van der Waals surface area contributed by atoms with Gasteiger partial charge in [-0.2, -0.15) is 0 Å². The number of thiophene rings is 1. The molecule has 0 aliphatic carbocycles. The Morgan fingerprint density at radius 2 is 2.31 bits per heavy atom. The molecule has 1 aromatic heterocycles. The van der Waals surface area contributed by atoms with E-state index in [2.05, 4.69) is 5.32 Å². The topological polar surface area (TPSA) is 66.5 Å². The number of piperazine rings is 1. The molecule has 0 spiro atoms. The van der Waals surface area contributed by atoms with Crippen LogP contribution in [0.3, 0.4) is 0 Å². The molecule has 1 unspecified atom stereocenters. The Hall–Kier alpha value is -1.69. The number of nitrogens with zero attached hydrogens (tertiary/aromatic N) is 1. The van der Waals surface area contributed by atoms with Crippen LogP contribution in [0.5, 0.6) is 0 Å². The Morgan fingerprint density at radius 1 is 1.56 bits per heavy atom. The molecule has 0 aromatic carbocycles. The van der Waals surface area contributed by atoms with Crippen LogP contribution in [0.1, 0.15) is 16.6 Å². The number of aldehydes is 1. The van der Waals surface area contributed by atoms with Crippen molar-refractivity contribution in [3.63, 3.8) is 0 Å². The zero-order valence-electron chi connectivity index (χ0n) is 8.60. The number of imide groups is 1. The van der Waals surface area contributed by atoms with Crippen LogP contribution in [-0.2, 0) is 9.59 Å². The monoisotopic (exact) mass is 238 g/mol. The van der Waals surface area contributed by atoms with Gasteiger partial charge in [0.05, 0.1) is 11.4 Å². The molecule has 2 heterocycles. The minimum Gasteiger partial charge on any atom is -0.350 e. The van der Waals surface area contributed by atoms with E-state index in [4.69, 9.17) is 0 Å². The zero-order chi connectivity index (χ0) is 11.7. The molecule has 1 aromatic rings. The molecule has 1 N–H and O–H groups in total. The van der Waals surface area contributed by atoms with E-state index in [1.807, 2.05) is 0 Å². The first kappa shape index (κ1) is 10.8. The highest BCUT2D eigenvalue weighted by Crippen LogP contribution is 2.24. The summed E-state index contributed by atoms with van der Waals surface area (Å²) < 4.78 is 0. The van der Waals surface area contributed by atoms with Gasteiger partial charge in [0.15, 0.2) is 6.29 Å². The number of hydrogen-bond donors (Lipinski definition) is 1. The predicted octanol–water partition coefficient (Wildman–Crippen LogP) is 0.412. The summed E-state index contributed by atoms with van der Waals surface area (Å²) in [7, 11) is 0. The highest BCUT2D eigenvalue weighted by molar-refractivity contribution is 7.12. The van der Waals surface area contributed by atoms with Gasteiger partial charge in [0.2, 0.25) is 11.8 Å². The van der Waals surface area contributed by atoms with Crippen molar-refractivity contribution in [1.82, 2.24) is 5.32 Å². The summed E-state index contributed by atoms with van der Waals surface area (Å²) in [6, 6.07) is 1.28. The lowest BCUT2D eigenvalue weighted by Crippen LogP contribution is -2.57. The third kappa shape index (κ3) is 1.83. The number of rotatable bonds is 2. The summed E-state index contributed by atoms with van der Waals surface area (Å²) in [6.45, 7) is 1.86. The van der Waals surface area contributed by atoms with E-state index in [1.165, 1.54) is 11.3 Å². The van der Waals surface area contributed by atoms with Crippen molar-refractivity contribution in [2.45, 2.75) is 13.0 Å². The van der Waals surface area contributed by atoms with Gasteiger partial charge in [-0.15, -0.1) is 11.3 Å². The molecule has 0 saturated carbocycles. The molecule has 0 bridgehead atoms. The van der Waals surface area contributed by atoms with Crippen molar-refractivity contribution < 1.29 is 14.4 Å². The molecule has 1 atom stereocenters. The van der Waals surface area contributed by atoms with Crippen LogP contribution in [0.2, 0.25) is 0 Å². The number of carbonyl (C=O) groups excluding carboxylic acids is 3. The maximum Gasteiger partial charge on any atom is 0.249 e. The Morgan fingerprint density at radius 3 is 2.94 bits per heavy atom. The van der Waals surface area contributed by atoms with E-state index in [9.17, 15) is 14.4 Å². The van der Waals surface area contributed by atoms with Crippen LogP contribution in [0.4, 0.5) is 5.69 Å². The number of carbonyl (C=O) groups is 3. The molecule has 5 nitrogen and oxygen atoms in total. The summed E-state index contributed by atoms with van der Waals surface area (Å²) in [5.74, 6) is -0.628. The van der Waals surface area contributed by atoms with Gasteiger partial charge in [-0.05, 0) is 13.0 Å². The molecule has 6 heteroatoms. The van der Waals surface area contributed by atoms with Crippen molar-refractivity contribution in [2.24, 2.45) is 0 Å². The predicted molar refractivity (Wildman–Crippen MR) is 59.7 cm³/mol. The van der Waals surface area contributed by atoms with Crippen LogP contribution in [0.25, 0.3) is 0 Å². The second kappa shape index (κ2) is 4.05. The second-order valence-corrected chi connectivity index (χ2v) is 4.48. The van der Waals surface area contributed by atoms with Crippen LogP contribution in [0, 0.1) is 0 Å². The van der Waals surface area contributed by atoms with Gasteiger partial charge < -0.3 is 4.90 Å². The lowest BCUT2D eigenvalue weighted by molar-refractivity contribution is -0.132. The average Bonchev–Trinajstić information content (AvgIpc) is 2.71. The smallest absolute Gasteiger partial charge is 0.249 e. The molecule has 2 rings (SSSR count). The van der Waals surface area contributed by atoms with Gasteiger partial charge in [-0.1, -0.05) is 0 Å². The molecule has 1 aliphatic heterocycles.